The van der Waals surface area contributed by atoms with Gasteiger partial charge in [-0.05, 0) is 29.2 Å². The molecule has 0 fully saturated rings. The summed E-state index contributed by atoms with van der Waals surface area (Å²) in [6.07, 6.45) is 0. The number of benzene rings is 2. The average molecular weight is 458 g/mol. The van der Waals surface area contributed by atoms with Gasteiger partial charge in [-0.1, -0.05) is 20.8 Å². The minimum Gasteiger partial charge on any atom is -0.494 e. The van der Waals surface area contributed by atoms with Crippen LogP contribution in [0.1, 0.15) is 47.8 Å². The third kappa shape index (κ3) is 4.34. The van der Waals surface area contributed by atoms with Crippen molar-refractivity contribution in [2.24, 2.45) is 0 Å². The van der Waals surface area contributed by atoms with Gasteiger partial charge >= 0.3 is 0 Å². The summed E-state index contributed by atoms with van der Waals surface area (Å²) in [5.74, 6) is 0.0789. The molecular weight excluding hydrogens is 425 g/mol. The number of fused-ring (bicyclic) bond motifs is 1. The van der Waals surface area contributed by atoms with Crippen LogP contribution in [0.25, 0.3) is 0 Å². The Balaban J connectivity index is 1.97. The lowest BCUT2D eigenvalue weighted by Crippen LogP contribution is -2.31. The van der Waals surface area contributed by atoms with Gasteiger partial charge in [0, 0.05) is 31.8 Å². The molecule has 0 radical (unpaired) electrons. The van der Waals surface area contributed by atoms with Crippen molar-refractivity contribution in [2.45, 2.75) is 32.7 Å². The summed E-state index contributed by atoms with van der Waals surface area (Å²) in [6.45, 7) is 6.37. The molecule has 0 bridgehead atoms. The second kappa shape index (κ2) is 8.92. The molecule has 0 saturated heterocycles. The molecule has 0 aliphatic carbocycles. The molecule has 0 spiro atoms. The molecule has 0 atom stereocenters. The zero-order chi connectivity index (χ0) is 24.7. The van der Waals surface area contributed by atoms with E-state index in [0.29, 0.717) is 11.1 Å². The fourth-order valence-electron chi connectivity index (χ4n) is 4.10. The second-order valence-electron chi connectivity index (χ2n) is 9.31. The van der Waals surface area contributed by atoms with E-state index in [0.717, 1.165) is 17.0 Å². The van der Waals surface area contributed by atoms with E-state index in [1.807, 2.05) is 25.1 Å². The number of nitrogens with one attached hydrogen (secondary N) is 1. The van der Waals surface area contributed by atoms with Crippen LogP contribution in [-0.4, -0.2) is 58.5 Å². The molecule has 0 amide bonds. The third-order valence-corrected chi connectivity index (χ3v) is 5.83. The lowest BCUT2D eigenvalue weighted by atomic mass is 9.84. The number of ether oxygens (including phenoxy) is 3. The summed E-state index contributed by atoms with van der Waals surface area (Å²) in [5.41, 5.74) is 2.71. The average Bonchev–Trinajstić information content (AvgIpc) is 3.06. The predicted octanol–water partition coefficient (Wildman–Crippen LogP) is 4.24. The molecule has 7 nitrogen and oxygen atoms in total. The predicted molar refractivity (Wildman–Crippen MR) is 127 cm³/mol. The van der Waals surface area contributed by atoms with Crippen molar-refractivity contribution in [3.63, 3.8) is 0 Å². The fraction of sp³-hybridized carbons (Fsp3) is 0.440. The Labute approximate surface area is 194 Å². The molecule has 8 heteroatoms. The van der Waals surface area contributed by atoms with E-state index in [4.69, 9.17) is 19.6 Å². The number of methoxy groups -OCH3 is 3. The van der Waals surface area contributed by atoms with Gasteiger partial charge in [0.2, 0.25) is 0 Å². The van der Waals surface area contributed by atoms with Crippen LogP contribution < -0.4 is 19.1 Å². The van der Waals surface area contributed by atoms with Crippen molar-refractivity contribution in [3.05, 3.63) is 46.3 Å². The molecule has 1 aliphatic heterocycles. The van der Waals surface area contributed by atoms with Crippen LogP contribution in [0.2, 0.25) is 0 Å². The van der Waals surface area contributed by atoms with Crippen molar-refractivity contribution in [1.29, 1.82) is 5.41 Å². The largest absolute Gasteiger partial charge is 0.494 e. The van der Waals surface area contributed by atoms with Crippen molar-refractivity contribution in [1.82, 2.24) is 4.90 Å². The quantitative estimate of drug-likeness (QED) is 0.627. The molecule has 0 saturated carbocycles. The Morgan fingerprint density at radius 1 is 1.09 bits per heavy atom. The normalized spacial score (nSPS) is 13.1. The second-order valence-corrected chi connectivity index (χ2v) is 9.31. The summed E-state index contributed by atoms with van der Waals surface area (Å²) in [7, 11) is 8.21. The number of halogens is 1. The van der Waals surface area contributed by atoms with Gasteiger partial charge in [-0.2, -0.15) is 0 Å². The lowest BCUT2D eigenvalue weighted by Gasteiger charge is -2.27. The number of amidine groups is 1. The minimum atomic E-state index is -0.652. The summed E-state index contributed by atoms with van der Waals surface area (Å²) in [5, 5.41) is 8.51. The smallest absolute Gasteiger partial charge is 0.197 e. The van der Waals surface area contributed by atoms with E-state index in [2.05, 4.69) is 20.8 Å². The number of carbonyl (C=O) groups is 1. The molecule has 0 unspecified atom stereocenters. The van der Waals surface area contributed by atoms with Crippen molar-refractivity contribution < 1.29 is 23.4 Å². The van der Waals surface area contributed by atoms with E-state index in [1.165, 1.54) is 14.2 Å². The first-order valence-electron chi connectivity index (χ1n) is 10.6. The molecule has 2 aromatic rings. The number of hydrogen-bond acceptors (Lipinski definition) is 6. The lowest BCUT2D eigenvalue weighted by molar-refractivity contribution is 0.0962. The number of ketones is 1. The highest BCUT2D eigenvalue weighted by atomic mass is 19.1. The highest BCUT2D eigenvalue weighted by Gasteiger charge is 2.33. The van der Waals surface area contributed by atoms with Crippen LogP contribution in [-0.2, 0) is 12.0 Å². The molecule has 3 rings (SSSR count). The van der Waals surface area contributed by atoms with E-state index in [1.54, 1.807) is 24.1 Å². The van der Waals surface area contributed by atoms with E-state index >= 15 is 4.39 Å². The van der Waals surface area contributed by atoms with Gasteiger partial charge in [0.25, 0.3) is 0 Å². The highest BCUT2D eigenvalue weighted by molar-refractivity contribution is 6.06. The summed E-state index contributed by atoms with van der Waals surface area (Å²) in [6, 6.07) is 5.31. The number of anilines is 1. The maximum atomic E-state index is 15.0. The van der Waals surface area contributed by atoms with Crippen LogP contribution >= 0.6 is 0 Å². The fourth-order valence-corrected chi connectivity index (χ4v) is 4.10. The van der Waals surface area contributed by atoms with E-state index < -0.39 is 5.82 Å². The van der Waals surface area contributed by atoms with Gasteiger partial charge in [-0.15, -0.1) is 0 Å². The SMILES string of the molecule is COc1cc2c(c(F)c1OC)C(=N)N(CC(=O)c1cc(N(C)C)c(OC)c(C(C)(C)C)c1)C2. The van der Waals surface area contributed by atoms with Crippen molar-refractivity contribution in [3.8, 4) is 17.2 Å². The maximum Gasteiger partial charge on any atom is 0.197 e. The summed E-state index contributed by atoms with van der Waals surface area (Å²) >= 11 is 0. The van der Waals surface area contributed by atoms with Gasteiger partial charge in [0.1, 0.15) is 11.6 Å². The Bertz CT molecular complexity index is 1110. The number of nitrogens with zero attached hydrogens (tertiary/aromatic N) is 2. The monoisotopic (exact) mass is 457 g/mol. The molecule has 1 heterocycles. The standard InChI is InChI=1S/C25H32FN3O4/c1-25(2,3)16-9-14(10-17(28(4)5)22(16)32-7)18(30)13-29-12-15-11-19(31-6)23(33-8)21(26)20(15)24(29)27/h9-11,27H,12-13H2,1-8H3. The van der Waals surface area contributed by atoms with Crippen molar-refractivity contribution in [2.75, 3.05) is 46.9 Å². The van der Waals surface area contributed by atoms with Gasteiger partial charge in [-0.3, -0.25) is 10.2 Å². The zero-order valence-electron chi connectivity index (χ0n) is 20.6. The molecule has 0 aromatic heterocycles. The Kier molecular flexibility index (Phi) is 6.58. The number of carbonyl (C=O) groups excluding carboxylic acids is 1. The first-order chi connectivity index (χ1) is 15.4. The number of rotatable bonds is 7. The Morgan fingerprint density at radius 2 is 1.73 bits per heavy atom. The summed E-state index contributed by atoms with van der Waals surface area (Å²) < 4.78 is 31.1. The highest BCUT2D eigenvalue weighted by Crippen LogP contribution is 2.41. The minimum absolute atomic E-state index is 0.0465. The Morgan fingerprint density at radius 3 is 2.24 bits per heavy atom. The van der Waals surface area contributed by atoms with Gasteiger partial charge in [0.15, 0.2) is 23.1 Å². The van der Waals surface area contributed by atoms with Crippen LogP contribution in [0.3, 0.4) is 0 Å². The third-order valence-electron chi connectivity index (χ3n) is 5.83. The van der Waals surface area contributed by atoms with Gasteiger partial charge < -0.3 is 24.0 Å². The maximum absolute atomic E-state index is 15.0. The molecule has 2 aromatic carbocycles. The van der Waals surface area contributed by atoms with Crippen LogP contribution in [0.15, 0.2) is 18.2 Å². The van der Waals surface area contributed by atoms with Crippen LogP contribution in [0.5, 0.6) is 17.2 Å². The van der Waals surface area contributed by atoms with E-state index in [-0.39, 0.29) is 47.2 Å². The topological polar surface area (TPSA) is 75.1 Å². The number of hydrogen-bond donors (Lipinski definition) is 1. The summed E-state index contributed by atoms with van der Waals surface area (Å²) in [4.78, 5) is 16.8. The zero-order valence-corrected chi connectivity index (χ0v) is 20.6. The van der Waals surface area contributed by atoms with Gasteiger partial charge in [-0.25, -0.2) is 4.39 Å². The van der Waals surface area contributed by atoms with Crippen LogP contribution in [0, 0.1) is 11.2 Å². The Hall–Kier alpha value is -3.29. The molecule has 1 N–H and O–H groups in total. The van der Waals surface area contributed by atoms with Crippen molar-refractivity contribution >= 4 is 17.3 Å². The van der Waals surface area contributed by atoms with E-state index in [9.17, 15) is 4.79 Å². The number of Topliss-reactive ketones (excluding diaryl/α,β-unsaturated/α-hetero) is 1. The first-order valence-corrected chi connectivity index (χ1v) is 10.6. The molecular formula is C25H32FN3O4. The molecule has 1 aliphatic rings. The first kappa shape index (κ1) is 24.4. The molecule has 33 heavy (non-hydrogen) atoms. The van der Waals surface area contributed by atoms with Crippen LogP contribution in [0.4, 0.5) is 10.1 Å². The molecule has 178 valence electrons. The van der Waals surface area contributed by atoms with Gasteiger partial charge in [0.05, 0.1) is 39.1 Å².